The maximum absolute atomic E-state index is 11.4. The maximum Gasteiger partial charge on any atom is 0.343 e. The Morgan fingerprint density at radius 1 is 1.75 bits per heavy atom. The fourth-order valence-electron chi connectivity index (χ4n) is 1.11. The molecule has 3 nitrogen and oxygen atoms in total. The molecule has 0 aliphatic carbocycles. The third-order valence-corrected chi connectivity index (χ3v) is 2.90. The molecule has 0 aromatic heterocycles. The second kappa shape index (κ2) is 4.07. The molecule has 2 N–H and O–H groups in total. The number of nitrogens with zero attached hydrogens (tertiary/aromatic N) is 1. The first kappa shape index (κ1) is 9.77. The minimum Gasteiger partial charge on any atom is -0.228 e. The number of allylic oxidation sites excluding steroid dienone is 2. The van der Waals surface area contributed by atoms with Gasteiger partial charge in [0.15, 0.2) is 0 Å². The van der Waals surface area contributed by atoms with Crippen molar-refractivity contribution in [3.8, 4) is 0 Å². The van der Waals surface area contributed by atoms with Crippen LogP contribution in [0.5, 0.6) is 0 Å². The summed E-state index contributed by atoms with van der Waals surface area (Å²) in [6.07, 6.45) is 3.01. The zero-order valence-electron chi connectivity index (χ0n) is 7.70. The van der Waals surface area contributed by atoms with Crippen molar-refractivity contribution in [1.82, 2.24) is 5.01 Å². The van der Waals surface area contributed by atoms with E-state index in [0.717, 1.165) is 6.42 Å². The highest BCUT2D eigenvalue weighted by molar-refractivity contribution is 8.04. The van der Waals surface area contributed by atoms with Gasteiger partial charge < -0.3 is 0 Å². The molecule has 0 aromatic rings. The molecule has 1 amide bonds. The number of primary amides is 1. The number of hydrogen-bond donors (Lipinski definition) is 1. The highest BCUT2D eigenvalue weighted by Crippen LogP contribution is 2.30. The lowest BCUT2D eigenvalue weighted by Crippen LogP contribution is -2.96. The van der Waals surface area contributed by atoms with Crippen molar-refractivity contribution >= 4 is 17.7 Å². The third-order valence-electron chi connectivity index (χ3n) is 1.65. The molecule has 1 rings (SSSR count). The Morgan fingerprint density at radius 2 is 2.42 bits per heavy atom. The number of carbonyl (C=O) groups excluding carboxylic acids is 1. The Morgan fingerprint density at radius 3 is 2.83 bits per heavy atom. The molecule has 0 aromatic carbocycles. The van der Waals surface area contributed by atoms with Crippen molar-refractivity contribution in [2.24, 2.45) is 0 Å². The third kappa shape index (κ3) is 2.62. The minimum absolute atomic E-state index is 0.132. The molecule has 0 saturated carbocycles. The SMILES string of the molecule is CC1=CCC(C(=O)[NH2+]N(C)C)S1. The average Bonchev–Trinajstić information content (AvgIpc) is 2.34. The lowest BCUT2D eigenvalue weighted by atomic mass is 10.3. The van der Waals surface area contributed by atoms with E-state index in [9.17, 15) is 4.79 Å². The molecule has 0 radical (unpaired) electrons. The summed E-state index contributed by atoms with van der Waals surface area (Å²) in [5.74, 6) is 0.220. The van der Waals surface area contributed by atoms with E-state index in [1.807, 2.05) is 21.0 Å². The highest BCUT2D eigenvalue weighted by atomic mass is 32.2. The summed E-state index contributed by atoms with van der Waals surface area (Å²) in [5.41, 5.74) is 1.66. The van der Waals surface area contributed by atoms with E-state index in [4.69, 9.17) is 0 Å². The van der Waals surface area contributed by atoms with Gasteiger partial charge in [0, 0.05) is 14.1 Å². The lowest BCUT2D eigenvalue weighted by molar-refractivity contribution is -0.717. The Hall–Kier alpha value is -0.320. The van der Waals surface area contributed by atoms with Gasteiger partial charge >= 0.3 is 5.91 Å². The van der Waals surface area contributed by atoms with Crippen LogP contribution in [0, 0.1) is 0 Å². The molecule has 1 aliphatic heterocycles. The van der Waals surface area contributed by atoms with Crippen LogP contribution in [-0.2, 0) is 4.79 Å². The van der Waals surface area contributed by atoms with Crippen LogP contribution in [0.15, 0.2) is 11.0 Å². The van der Waals surface area contributed by atoms with Crippen molar-refractivity contribution in [2.45, 2.75) is 18.6 Å². The second-order valence-corrected chi connectivity index (χ2v) is 4.60. The number of amides is 1. The van der Waals surface area contributed by atoms with Gasteiger partial charge in [0.05, 0.1) is 0 Å². The fraction of sp³-hybridized carbons (Fsp3) is 0.625. The molecule has 0 bridgehead atoms. The Labute approximate surface area is 77.2 Å². The predicted molar refractivity (Wildman–Crippen MR) is 50.4 cm³/mol. The molecule has 0 spiro atoms. The summed E-state index contributed by atoms with van der Waals surface area (Å²) < 4.78 is 0. The molecule has 12 heavy (non-hydrogen) atoms. The molecular formula is C8H15N2OS+. The maximum atomic E-state index is 11.4. The molecule has 0 fully saturated rings. The van der Waals surface area contributed by atoms with Crippen molar-refractivity contribution in [2.75, 3.05) is 14.1 Å². The zero-order chi connectivity index (χ0) is 9.14. The standard InChI is InChI=1S/C8H14N2OS/c1-6-4-5-7(12-6)8(11)9-10(2)3/h4,7H,5H2,1-3H3,(H,9,11)/p+1. The molecule has 1 heterocycles. The van der Waals surface area contributed by atoms with Crippen LogP contribution in [0.1, 0.15) is 13.3 Å². The average molecular weight is 187 g/mol. The lowest BCUT2D eigenvalue weighted by Gasteiger charge is -2.09. The first-order chi connectivity index (χ1) is 5.59. The smallest absolute Gasteiger partial charge is 0.228 e. The minimum atomic E-state index is 0.132. The van der Waals surface area contributed by atoms with Gasteiger partial charge in [0.25, 0.3) is 0 Å². The van der Waals surface area contributed by atoms with Gasteiger partial charge in [0.1, 0.15) is 5.25 Å². The van der Waals surface area contributed by atoms with E-state index >= 15 is 0 Å². The zero-order valence-corrected chi connectivity index (χ0v) is 8.52. The van der Waals surface area contributed by atoms with Gasteiger partial charge in [-0.1, -0.05) is 6.08 Å². The molecular weight excluding hydrogens is 172 g/mol. The van der Waals surface area contributed by atoms with Gasteiger partial charge in [-0.15, -0.1) is 11.8 Å². The molecule has 0 saturated heterocycles. The number of carbonyl (C=O) groups is 1. The Bertz CT molecular complexity index is 213. The van der Waals surface area contributed by atoms with Crippen molar-refractivity contribution in [3.63, 3.8) is 0 Å². The number of nitrogens with two attached hydrogens (primary N) is 1. The van der Waals surface area contributed by atoms with Gasteiger partial charge in [-0.3, -0.25) is 0 Å². The van der Waals surface area contributed by atoms with E-state index in [-0.39, 0.29) is 11.2 Å². The predicted octanol–water partition coefficient (Wildman–Crippen LogP) is -0.0377. The van der Waals surface area contributed by atoms with E-state index in [1.165, 1.54) is 4.91 Å². The van der Waals surface area contributed by atoms with Crippen molar-refractivity contribution in [1.29, 1.82) is 0 Å². The molecule has 1 atom stereocenters. The van der Waals surface area contributed by atoms with Gasteiger partial charge in [0.2, 0.25) is 0 Å². The van der Waals surface area contributed by atoms with Gasteiger partial charge in [-0.25, -0.2) is 10.2 Å². The first-order valence-corrected chi connectivity index (χ1v) is 4.86. The number of quaternary nitrogens is 1. The summed E-state index contributed by atoms with van der Waals surface area (Å²) in [4.78, 5) is 12.7. The monoisotopic (exact) mass is 187 g/mol. The first-order valence-electron chi connectivity index (χ1n) is 3.98. The second-order valence-electron chi connectivity index (χ2n) is 3.15. The summed E-state index contributed by atoms with van der Waals surface area (Å²) in [6.45, 7) is 2.05. The summed E-state index contributed by atoms with van der Waals surface area (Å²) in [7, 11) is 3.75. The van der Waals surface area contributed by atoms with Crippen molar-refractivity contribution < 1.29 is 10.2 Å². The van der Waals surface area contributed by atoms with Gasteiger partial charge in [-0.05, 0) is 18.2 Å². The number of thioether (sulfide) groups is 1. The topological polar surface area (TPSA) is 36.9 Å². The van der Waals surface area contributed by atoms with Crippen LogP contribution in [-0.4, -0.2) is 30.3 Å². The fourth-order valence-corrected chi connectivity index (χ4v) is 2.12. The van der Waals surface area contributed by atoms with Crippen LogP contribution in [0.4, 0.5) is 0 Å². The summed E-state index contributed by atoms with van der Waals surface area (Å²) in [6, 6.07) is 0. The normalized spacial score (nSPS) is 23.0. The van der Waals surface area contributed by atoms with Crippen LogP contribution in [0.25, 0.3) is 0 Å². The summed E-state index contributed by atoms with van der Waals surface area (Å²) >= 11 is 1.67. The van der Waals surface area contributed by atoms with Crippen LogP contribution < -0.4 is 5.43 Å². The van der Waals surface area contributed by atoms with Crippen LogP contribution in [0.3, 0.4) is 0 Å². The van der Waals surface area contributed by atoms with Gasteiger partial charge in [-0.2, -0.15) is 5.01 Å². The van der Waals surface area contributed by atoms with E-state index in [1.54, 1.807) is 22.2 Å². The van der Waals surface area contributed by atoms with Crippen molar-refractivity contribution in [3.05, 3.63) is 11.0 Å². The molecule has 4 heteroatoms. The Balaban J connectivity index is 2.36. The number of hydrogen-bond acceptors (Lipinski definition) is 3. The highest BCUT2D eigenvalue weighted by Gasteiger charge is 2.26. The summed E-state index contributed by atoms with van der Waals surface area (Å²) in [5, 5.41) is 1.93. The quantitative estimate of drug-likeness (QED) is 0.487. The van der Waals surface area contributed by atoms with Crippen LogP contribution >= 0.6 is 11.8 Å². The largest absolute Gasteiger partial charge is 0.343 e. The van der Waals surface area contributed by atoms with E-state index < -0.39 is 0 Å². The van der Waals surface area contributed by atoms with E-state index in [0.29, 0.717) is 0 Å². The molecule has 68 valence electrons. The molecule has 1 aliphatic rings. The molecule has 1 unspecified atom stereocenters. The van der Waals surface area contributed by atoms with Crippen LogP contribution in [0.2, 0.25) is 0 Å². The number of rotatable bonds is 2. The van der Waals surface area contributed by atoms with E-state index in [2.05, 4.69) is 6.08 Å². The Kier molecular flexibility index (Phi) is 3.31.